The molecule has 1 aromatic carbocycles. The summed E-state index contributed by atoms with van der Waals surface area (Å²) in [7, 11) is 0. The minimum absolute atomic E-state index is 0.489. The quantitative estimate of drug-likeness (QED) is 0.521. The van der Waals surface area contributed by atoms with Crippen LogP contribution in [0.4, 0.5) is 0 Å². The summed E-state index contributed by atoms with van der Waals surface area (Å²) in [4.78, 5) is 21.8. The Morgan fingerprint density at radius 3 is 2.31 bits per heavy atom. The number of esters is 1. The molecular formula is C11H11IO4. The Kier molecular flexibility index (Phi) is 4.72. The van der Waals surface area contributed by atoms with E-state index in [1.807, 2.05) is 6.07 Å². The number of carbonyl (C=O) groups excluding carboxylic acids is 1. The van der Waals surface area contributed by atoms with E-state index < -0.39 is 22.0 Å². The molecule has 0 unspecified atom stereocenters. The predicted molar refractivity (Wildman–Crippen MR) is 66.4 cm³/mol. The minimum atomic E-state index is -1.00. The van der Waals surface area contributed by atoms with Crippen molar-refractivity contribution in [3.05, 3.63) is 35.9 Å². The van der Waals surface area contributed by atoms with E-state index in [0.29, 0.717) is 5.56 Å². The summed E-state index contributed by atoms with van der Waals surface area (Å²) in [6.07, 6.45) is -0.753. The number of alkyl halides is 1. The Hall–Kier alpha value is -1.11. The maximum Gasteiger partial charge on any atom is 0.320 e. The standard InChI is InChI=1S/C11H11IO4/c1-7(13)16-10(9(12)11(14)15)8-5-3-2-4-6-8/h2-6,9-10H,1H3,(H,14,15)/t9-,10-/m0/s1. The van der Waals surface area contributed by atoms with Crippen LogP contribution in [0, 0.1) is 0 Å². The highest BCUT2D eigenvalue weighted by atomic mass is 127. The molecule has 0 radical (unpaired) electrons. The van der Waals surface area contributed by atoms with Crippen LogP contribution in [0.1, 0.15) is 18.6 Å². The van der Waals surface area contributed by atoms with Crippen molar-refractivity contribution in [3.63, 3.8) is 0 Å². The van der Waals surface area contributed by atoms with Gasteiger partial charge >= 0.3 is 11.9 Å². The molecule has 0 saturated carbocycles. The maximum atomic E-state index is 10.9. The number of hydrogen-bond acceptors (Lipinski definition) is 3. The minimum Gasteiger partial charge on any atom is -0.480 e. The Bertz CT molecular complexity index is 377. The van der Waals surface area contributed by atoms with Gasteiger partial charge in [0.25, 0.3) is 0 Å². The Morgan fingerprint density at radius 1 is 1.31 bits per heavy atom. The molecule has 0 aliphatic carbocycles. The lowest BCUT2D eigenvalue weighted by atomic mass is 10.1. The number of rotatable bonds is 4. The van der Waals surface area contributed by atoms with Crippen LogP contribution >= 0.6 is 22.6 Å². The van der Waals surface area contributed by atoms with Crippen molar-refractivity contribution < 1.29 is 19.4 Å². The van der Waals surface area contributed by atoms with Crippen molar-refractivity contribution in [2.45, 2.75) is 17.0 Å². The largest absolute Gasteiger partial charge is 0.480 e. The molecule has 16 heavy (non-hydrogen) atoms. The number of halogens is 1. The second-order valence-electron chi connectivity index (χ2n) is 3.18. The molecule has 0 bridgehead atoms. The fraction of sp³-hybridized carbons (Fsp3) is 0.273. The third kappa shape index (κ3) is 3.48. The fourth-order valence-electron chi connectivity index (χ4n) is 1.25. The monoisotopic (exact) mass is 334 g/mol. The molecule has 0 aliphatic rings. The SMILES string of the molecule is CC(=O)O[C@@H](c1ccccc1)[C@H](I)C(=O)O. The second kappa shape index (κ2) is 5.83. The number of benzene rings is 1. The van der Waals surface area contributed by atoms with Gasteiger partial charge in [-0.1, -0.05) is 52.9 Å². The van der Waals surface area contributed by atoms with Crippen LogP contribution in [-0.4, -0.2) is 21.0 Å². The fourth-order valence-corrected chi connectivity index (χ4v) is 1.81. The van der Waals surface area contributed by atoms with Crippen LogP contribution in [0.5, 0.6) is 0 Å². The third-order valence-electron chi connectivity index (χ3n) is 1.92. The molecule has 1 rings (SSSR count). The van der Waals surface area contributed by atoms with Crippen molar-refractivity contribution in [1.82, 2.24) is 0 Å². The van der Waals surface area contributed by atoms with Crippen LogP contribution in [-0.2, 0) is 14.3 Å². The first-order chi connectivity index (χ1) is 7.52. The maximum absolute atomic E-state index is 10.9. The van der Waals surface area contributed by atoms with Crippen LogP contribution in [0.15, 0.2) is 30.3 Å². The van der Waals surface area contributed by atoms with Gasteiger partial charge in [0.15, 0.2) is 0 Å². The summed E-state index contributed by atoms with van der Waals surface area (Å²) in [6.45, 7) is 1.27. The van der Waals surface area contributed by atoms with E-state index in [0.717, 1.165) is 0 Å². The molecule has 1 aromatic rings. The van der Waals surface area contributed by atoms with Gasteiger partial charge in [0.1, 0.15) is 10.0 Å². The molecule has 86 valence electrons. The highest BCUT2D eigenvalue weighted by molar-refractivity contribution is 14.1. The van der Waals surface area contributed by atoms with Crippen molar-refractivity contribution in [2.75, 3.05) is 0 Å². The van der Waals surface area contributed by atoms with Gasteiger partial charge in [-0.3, -0.25) is 9.59 Å². The number of hydrogen-bond donors (Lipinski definition) is 1. The van der Waals surface area contributed by atoms with E-state index in [2.05, 4.69) is 0 Å². The molecule has 0 aliphatic heterocycles. The normalized spacial score (nSPS) is 13.9. The topological polar surface area (TPSA) is 63.6 Å². The number of carboxylic acids is 1. The summed E-state index contributed by atoms with van der Waals surface area (Å²) in [5.41, 5.74) is 0.680. The van der Waals surface area contributed by atoms with Crippen LogP contribution in [0.2, 0.25) is 0 Å². The molecule has 4 nitrogen and oxygen atoms in total. The molecule has 1 N–H and O–H groups in total. The molecule has 0 fully saturated rings. The average Bonchev–Trinajstić information content (AvgIpc) is 2.26. The van der Waals surface area contributed by atoms with E-state index in [1.165, 1.54) is 6.92 Å². The zero-order valence-electron chi connectivity index (χ0n) is 8.59. The lowest BCUT2D eigenvalue weighted by molar-refractivity contribution is -0.150. The van der Waals surface area contributed by atoms with E-state index in [9.17, 15) is 9.59 Å². The Morgan fingerprint density at radius 2 is 1.88 bits per heavy atom. The molecule has 2 atom stereocenters. The van der Waals surface area contributed by atoms with E-state index in [4.69, 9.17) is 9.84 Å². The molecule has 0 heterocycles. The van der Waals surface area contributed by atoms with Gasteiger partial charge in [0.2, 0.25) is 0 Å². The van der Waals surface area contributed by atoms with Crippen molar-refractivity contribution in [3.8, 4) is 0 Å². The van der Waals surface area contributed by atoms with Gasteiger partial charge in [-0.25, -0.2) is 0 Å². The van der Waals surface area contributed by atoms with Gasteiger partial charge in [-0.15, -0.1) is 0 Å². The van der Waals surface area contributed by atoms with Crippen molar-refractivity contribution in [1.29, 1.82) is 0 Å². The van der Waals surface area contributed by atoms with Gasteiger partial charge in [-0.05, 0) is 5.56 Å². The first kappa shape index (κ1) is 13.0. The predicted octanol–water partition coefficient (Wildman–Crippen LogP) is 2.18. The molecule has 0 saturated heterocycles. The number of aliphatic carboxylic acids is 1. The molecule has 0 amide bonds. The lowest BCUT2D eigenvalue weighted by Gasteiger charge is -2.19. The summed E-state index contributed by atoms with van der Waals surface area (Å²) >= 11 is 1.75. The molecule has 5 heteroatoms. The highest BCUT2D eigenvalue weighted by Crippen LogP contribution is 2.27. The van der Waals surface area contributed by atoms with Crippen LogP contribution in [0.3, 0.4) is 0 Å². The smallest absolute Gasteiger partial charge is 0.320 e. The van der Waals surface area contributed by atoms with Gasteiger partial charge in [0, 0.05) is 6.92 Å². The van der Waals surface area contributed by atoms with E-state index in [-0.39, 0.29) is 0 Å². The second-order valence-corrected chi connectivity index (χ2v) is 4.52. The van der Waals surface area contributed by atoms with E-state index >= 15 is 0 Å². The van der Waals surface area contributed by atoms with Crippen molar-refractivity contribution in [2.24, 2.45) is 0 Å². The zero-order valence-corrected chi connectivity index (χ0v) is 10.7. The highest BCUT2D eigenvalue weighted by Gasteiger charge is 2.29. The van der Waals surface area contributed by atoms with Gasteiger partial charge in [0.05, 0.1) is 0 Å². The van der Waals surface area contributed by atoms with Crippen LogP contribution in [0.25, 0.3) is 0 Å². The Labute approximate surface area is 107 Å². The lowest BCUT2D eigenvalue weighted by Crippen LogP contribution is -2.25. The first-order valence-corrected chi connectivity index (χ1v) is 5.86. The van der Waals surface area contributed by atoms with Crippen LogP contribution < -0.4 is 0 Å². The summed E-state index contributed by atoms with van der Waals surface area (Å²) in [6, 6.07) is 8.84. The number of ether oxygens (including phenoxy) is 1. The summed E-state index contributed by atoms with van der Waals surface area (Å²) < 4.78 is 4.23. The summed E-state index contributed by atoms with van der Waals surface area (Å²) in [5, 5.41) is 8.93. The summed E-state index contributed by atoms with van der Waals surface area (Å²) in [5.74, 6) is -1.49. The van der Waals surface area contributed by atoms with E-state index in [1.54, 1.807) is 46.9 Å². The molecular weight excluding hydrogens is 323 g/mol. The first-order valence-electron chi connectivity index (χ1n) is 4.61. The zero-order chi connectivity index (χ0) is 12.1. The molecule has 0 aromatic heterocycles. The van der Waals surface area contributed by atoms with Gasteiger partial charge in [-0.2, -0.15) is 0 Å². The van der Waals surface area contributed by atoms with Crippen molar-refractivity contribution >= 4 is 34.5 Å². The number of carbonyl (C=O) groups is 2. The third-order valence-corrected chi connectivity index (χ3v) is 3.11. The average molecular weight is 334 g/mol. The Balaban J connectivity index is 2.96. The number of carboxylic acid groups (broad SMARTS) is 1. The van der Waals surface area contributed by atoms with Gasteiger partial charge < -0.3 is 9.84 Å². The molecule has 0 spiro atoms.